The highest BCUT2D eigenvalue weighted by Crippen LogP contribution is 2.20. The maximum atomic E-state index is 13.2. The Morgan fingerprint density at radius 3 is 2.70 bits per heavy atom. The number of anilines is 1. The fraction of sp³-hybridized carbons (Fsp3) is 0.429. The van der Waals surface area contributed by atoms with Crippen molar-refractivity contribution in [2.45, 2.75) is 37.0 Å². The van der Waals surface area contributed by atoms with Crippen LogP contribution in [-0.4, -0.2) is 15.0 Å². The summed E-state index contributed by atoms with van der Waals surface area (Å²) in [6, 6.07) is 3.32. The molecule has 0 atom stereocenters. The predicted molar refractivity (Wildman–Crippen MR) is 77.2 cm³/mol. The Morgan fingerprint density at radius 2 is 2.05 bits per heavy atom. The van der Waals surface area contributed by atoms with E-state index in [-0.39, 0.29) is 10.6 Å². The summed E-state index contributed by atoms with van der Waals surface area (Å²) in [7, 11) is -3.70. The van der Waals surface area contributed by atoms with Gasteiger partial charge in [0.05, 0.1) is 4.90 Å². The molecule has 110 valence electrons. The molecule has 0 unspecified atom stereocenters. The summed E-state index contributed by atoms with van der Waals surface area (Å²) in [6.45, 7) is 0.324. The van der Waals surface area contributed by atoms with Crippen LogP contribution in [0.3, 0.4) is 0 Å². The average molecular weight is 298 g/mol. The van der Waals surface area contributed by atoms with E-state index < -0.39 is 15.8 Å². The van der Waals surface area contributed by atoms with Crippen molar-refractivity contribution in [2.75, 3.05) is 12.3 Å². The summed E-state index contributed by atoms with van der Waals surface area (Å²) in [4.78, 5) is -0.132. The lowest BCUT2D eigenvalue weighted by molar-refractivity contribution is 0.576. The Hall–Kier alpha value is -1.40. The smallest absolute Gasteiger partial charge is 0.240 e. The molecule has 1 aliphatic carbocycles. The molecular weight excluding hydrogens is 279 g/mol. The normalized spacial score (nSPS) is 15.9. The maximum absolute atomic E-state index is 13.2. The molecule has 0 saturated heterocycles. The first kappa shape index (κ1) is 15.0. The van der Waals surface area contributed by atoms with Crippen LogP contribution in [0.5, 0.6) is 0 Å². The van der Waals surface area contributed by atoms with E-state index in [0.717, 1.165) is 25.0 Å². The molecule has 0 amide bonds. The van der Waals surface area contributed by atoms with Crippen LogP contribution in [0.15, 0.2) is 34.7 Å². The lowest BCUT2D eigenvalue weighted by atomic mass is 9.97. The SMILES string of the molecule is Nc1cc(F)cc(S(=O)(=O)NCCC2=CCCCC2)c1. The van der Waals surface area contributed by atoms with E-state index in [9.17, 15) is 12.8 Å². The minimum Gasteiger partial charge on any atom is -0.399 e. The first-order valence-corrected chi connectivity index (χ1v) is 8.19. The maximum Gasteiger partial charge on any atom is 0.240 e. The van der Waals surface area contributed by atoms with E-state index in [4.69, 9.17) is 5.73 Å². The van der Waals surface area contributed by atoms with Gasteiger partial charge in [-0.3, -0.25) is 0 Å². The molecule has 1 aliphatic rings. The first-order chi connectivity index (χ1) is 9.47. The molecule has 0 radical (unpaired) electrons. The second-order valence-corrected chi connectivity index (χ2v) is 6.74. The van der Waals surface area contributed by atoms with Gasteiger partial charge in [0, 0.05) is 12.2 Å². The average Bonchev–Trinajstić information content (AvgIpc) is 2.38. The number of rotatable bonds is 5. The number of nitrogens with two attached hydrogens (primary N) is 1. The van der Waals surface area contributed by atoms with E-state index >= 15 is 0 Å². The zero-order valence-corrected chi connectivity index (χ0v) is 12.0. The Balaban J connectivity index is 1.98. The zero-order chi connectivity index (χ0) is 14.6. The quantitative estimate of drug-likeness (QED) is 0.648. The zero-order valence-electron chi connectivity index (χ0n) is 11.2. The van der Waals surface area contributed by atoms with E-state index in [1.165, 1.54) is 24.5 Å². The molecule has 0 saturated carbocycles. The van der Waals surface area contributed by atoms with Crippen molar-refractivity contribution in [1.29, 1.82) is 0 Å². The third kappa shape index (κ3) is 4.05. The van der Waals surface area contributed by atoms with Crippen molar-refractivity contribution < 1.29 is 12.8 Å². The van der Waals surface area contributed by atoms with Crippen LogP contribution < -0.4 is 10.5 Å². The predicted octanol–water partition coefficient (Wildman–Crippen LogP) is 2.58. The summed E-state index contributed by atoms with van der Waals surface area (Å²) in [5.74, 6) is -0.652. The van der Waals surface area contributed by atoms with Crippen molar-refractivity contribution in [3.05, 3.63) is 35.7 Å². The van der Waals surface area contributed by atoms with Gasteiger partial charge in [-0.1, -0.05) is 11.6 Å². The monoisotopic (exact) mass is 298 g/mol. The highest BCUT2D eigenvalue weighted by atomic mass is 32.2. The van der Waals surface area contributed by atoms with Gasteiger partial charge in [-0.25, -0.2) is 17.5 Å². The standard InChI is InChI=1S/C14H19FN2O2S/c15-12-8-13(16)10-14(9-12)20(18,19)17-7-6-11-4-2-1-3-5-11/h4,8-10,17H,1-3,5-7,16H2. The molecule has 6 heteroatoms. The van der Waals surface area contributed by atoms with Gasteiger partial charge in [0.1, 0.15) is 5.82 Å². The molecule has 3 N–H and O–H groups in total. The Kier molecular flexibility index (Phi) is 4.77. The van der Waals surface area contributed by atoms with Crippen molar-refractivity contribution in [3.63, 3.8) is 0 Å². The van der Waals surface area contributed by atoms with Crippen LogP contribution in [0.25, 0.3) is 0 Å². The molecule has 0 aromatic heterocycles. The largest absolute Gasteiger partial charge is 0.399 e. The molecule has 1 aromatic rings. The molecular formula is C14H19FN2O2S. The summed E-state index contributed by atoms with van der Waals surface area (Å²) in [6.07, 6.45) is 7.36. The van der Waals surface area contributed by atoms with Gasteiger partial charge in [-0.05, 0) is 50.3 Å². The van der Waals surface area contributed by atoms with Crippen LogP contribution in [0.2, 0.25) is 0 Å². The van der Waals surface area contributed by atoms with Crippen LogP contribution in [0, 0.1) is 5.82 Å². The van der Waals surface area contributed by atoms with Gasteiger partial charge < -0.3 is 5.73 Å². The molecule has 0 bridgehead atoms. The number of allylic oxidation sites excluding steroid dienone is 1. The van der Waals surface area contributed by atoms with Crippen molar-refractivity contribution in [1.82, 2.24) is 4.72 Å². The molecule has 2 rings (SSSR count). The lowest BCUT2D eigenvalue weighted by Crippen LogP contribution is -2.25. The number of hydrogen-bond donors (Lipinski definition) is 2. The minimum absolute atomic E-state index is 0.0976. The molecule has 4 nitrogen and oxygen atoms in total. The number of halogens is 1. The number of nitrogen functional groups attached to an aromatic ring is 1. The minimum atomic E-state index is -3.70. The van der Waals surface area contributed by atoms with Crippen LogP contribution in [0.1, 0.15) is 32.1 Å². The summed E-state index contributed by atoms with van der Waals surface area (Å²) in [5, 5.41) is 0. The first-order valence-electron chi connectivity index (χ1n) is 6.71. The van der Waals surface area contributed by atoms with Crippen LogP contribution >= 0.6 is 0 Å². The molecule has 0 aliphatic heterocycles. The van der Waals surface area contributed by atoms with Gasteiger partial charge in [0.15, 0.2) is 0 Å². The highest BCUT2D eigenvalue weighted by molar-refractivity contribution is 7.89. The second-order valence-electron chi connectivity index (χ2n) is 4.98. The number of nitrogens with one attached hydrogen (secondary N) is 1. The third-order valence-corrected chi connectivity index (χ3v) is 4.77. The number of hydrogen-bond acceptors (Lipinski definition) is 3. The molecule has 0 fully saturated rings. The molecule has 1 aromatic carbocycles. The van der Waals surface area contributed by atoms with Gasteiger partial charge >= 0.3 is 0 Å². The third-order valence-electron chi connectivity index (χ3n) is 3.33. The van der Waals surface area contributed by atoms with Crippen molar-refractivity contribution in [2.24, 2.45) is 0 Å². The van der Waals surface area contributed by atoms with Crippen LogP contribution in [0.4, 0.5) is 10.1 Å². The Labute approximate surface area is 118 Å². The molecule has 0 heterocycles. The number of benzene rings is 1. The highest BCUT2D eigenvalue weighted by Gasteiger charge is 2.15. The van der Waals surface area contributed by atoms with E-state index in [2.05, 4.69) is 10.8 Å². The van der Waals surface area contributed by atoms with E-state index in [0.29, 0.717) is 13.0 Å². The second kappa shape index (κ2) is 6.37. The van der Waals surface area contributed by atoms with Gasteiger partial charge in [0.25, 0.3) is 0 Å². The fourth-order valence-electron chi connectivity index (χ4n) is 2.30. The topological polar surface area (TPSA) is 72.2 Å². The van der Waals surface area contributed by atoms with Crippen LogP contribution in [-0.2, 0) is 10.0 Å². The molecule has 0 spiro atoms. The van der Waals surface area contributed by atoms with Crippen molar-refractivity contribution >= 4 is 15.7 Å². The van der Waals surface area contributed by atoms with E-state index in [1.54, 1.807) is 0 Å². The van der Waals surface area contributed by atoms with Gasteiger partial charge in [-0.15, -0.1) is 0 Å². The Morgan fingerprint density at radius 1 is 1.25 bits per heavy atom. The number of sulfonamides is 1. The van der Waals surface area contributed by atoms with E-state index in [1.807, 2.05) is 0 Å². The van der Waals surface area contributed by atoms with Gasteiger partial charge in [0.2, 0.25) is 10.0 Å². The molecule has 20 heavy (non-hydrogen) atoms. The van der Waals surface area contributed by atoms with Crippen molar-refractivity contribution in [3.8, 4) is 0 Å². The summed E-state index contributed by atoms with van der Waals surface area (Å²) in [5.41, 5.74) is 6.85. The lowest BCUT2D eigenvalue weighted by Gasteiger charge is -2.13. The fourth-order valence-corrected chi connectivity index (χ4v) is 3.40. The Bertz CT molecular complexity index is 591. The summed E-state index contributed by atoms with van der Waals surface area (Å²) < 4.78 is 39.7. The van der Waals surface area contributed by atoms with Gasteiger partial charge in [-0.2, -0.15) is 0 Å². The summed E-state index contributed by atoms with van der Waals surface area (Å²) >= 11 is 0.